The van der Waals surface area contributed by atoms with Crippen molar-refractivity contribution < 1.29 is 4.74 Å². The Morgan fingerprint density at radius 3 is 2.60 bits per heavy atom. The molecule has 2 rings (SSSR count). The van der Waals surface area contributed by atoms with Crippen molar-refractivity contribution in [2.45, 2.75) is 6.61 Å². The zero-order valence-electron chi connectivity index (χ0n) is 7.68. The van der Waals surface area contributed by atoms with Crippen molar-refractivity contribution in [2.75, 3.05) is 5.73 Å². The molecular weight excluding hydrogens is 234 g/mol. The first kappa shape index (κ1) is 10.2. The smallest absolute Gasteiger partial charge is 0.207 e. The minimum absolute atomic E-state index is 0.369. The summed E-state index contributed by atoms with van der Waals surface area (Å²) in [4.78, 5) is 0. The maximum absolute atomic E-state index is 5.64. The van der Waals surface area contributed by atoms with E-state index in [1.54, 1.807) is 24.3 Å². The Bertz CT molecular complexity index is 443. The lowest BCUT2D eigenvalue weighted by Gasteiger charge is -2.02. The van der Waals surface area contributed by atoms with Crippen molar-refractivity contribution in [3.05, 3.63) is 33.7 Å². The molecule has 2 aromatic rings. The Morgan fingerprint density at radius 2 is 2.00 bits per heavy atom. The number of anilines is 1. The van der Waals surface area contributed by atoms with E-state index in [0.717, 1.165) is 10.8 Å². The van der Waals surface area contributed by atoms with Crippen LogP contribution in [0, 0.1) is 0 Å². The standard InChI is InChI=1S/C9H8ClN3OS/c10-9-13-12-8(15-9)5-14-7-3-1-6(11)2-4-7/h1-4H,5,11H2. The van der Waals surface area contributed by atoms with E-state index in [4.69, 9.17) is 22.1 Å². The van der Waals surface area contributed by atoms with Gasteiger partial charge >= 0.3 is 0 Å². The van der Waals surface area contributed by atoms with Crippen molar-refractivity contribution in [3.8, 4) is 5.75 Å². The summed E-state index contributed by atoms with van der Waals surface area (Å²) < 4.78 is 5.88. The van der Waals surface area contributed by atoms with Gasteiger partial charge in [0.15, 0.2) is 5.01 Å². The highest BCUT2D eigenvalue weighted by Gasteiger charge is 2.02. The van der Waals surface area contributed by atoms with Crippen LogP contribution in [-0.2, 0) is 6.61 Å². The molecule has 1 aromatic heterocycles. The summed E-state index contributed by atoms with van der Waals surface area (Å²) in [5.41, 5.74) is 6.25. The number of ether oxygens (including phenoxy) is 1. The molecule has 15 heavy (non-hydrogen) atoms. The predicted octanol–water partition coefficient (Wildman–Crippen LogP) is 2.35. The molecule has 0 spiro atoms. The fraction of sp³-hybridized carbons (Fsp3) is 0.111. The highest BCUT2D eigenvalue weighted by atomic mass is 35.5. The third-order valence-corrected chi connectivity index (χ3v) is 2.68. The van der Waals surface area contributed by atoms with Crippen LogP contribution in [0.4, 0.5) is 5.69 Å². The van der Waals surface area contributed by atoms with Gasteiger partial charge in [-0.1, -0.05) is 11.3 Å². The van der Waals surface area contributed by atoms with Crippen LogP contribution in [0.3, 0.4) is 0 Å². The molecule has 0 aliphatic carbocycles. The molecule has 0 radical (unpaired) electrons. The van der Waals surface area contributed by atoms with Gasteiger partial charge in [0.2, 0.25) is 4.47 Å². The van der Waals surface area contributed by atoms with Gasteiger partial charge in [-0.05, 0) is 35.9 Å². The summed E-state index contributed by atoms with van der Waals surface area (Å²) in [6.07, 6.45) is 0. The summed E-state index contributed by atoms with van der Waals surface area (Å²) in [5.74, 6) is 0.746. The molecule has 0 aliphatic heterocycles. The highest BCUT2D eigenvalue weighted by molar-refractivity contribution is 7.15. The van der Waals surface area contributed by atoms with Gasteiger partial charge in [-0.25, -0.2) is 0 Å². The Morgan fingerprint density at radius 1 is 1.27 bits per heavy atom. The average molecular weight is 242 g/mol. The number of halogens is 1. The summed E-state index contributed by atoms with van der Waals surface area (Å²) in [6, 6.07) is 7.17. The average Bonchev–Trinajstić information content (AvgIpc) is 2.64. The molecule has 4 nitrogen and oxygen atoms in total. The van der Waals surface area contributed by atoms with Crippen LogP contribution in [-0.4, -0.2) is 10.2 Å². The minimum atomic E-state index is 0.369. The van der Waals surface area contributed by atoms with Gasteiger partial charge in [-0.2, -0.15) is 0 Å². The van der Waals surface area contributed by atoms with Crippen LogP contribution < -0.4 is 10.5 Å². The third kappa shape index (κ3) is 2.81. The van der Waals surface area contributed by atoms with Crippen molar-refractivity contribution in [1.29, 1.82) is 0 Å². The molecular formula is C9H8ClN3OS. The Labute approximate surface area is 95.7 Å². The summed E-state index contributed by atoms with van der Waals surface area (Å²) in [6.45, 7) is 0.369. The number of nitrogens with zero attached hydrogens (tertiary/aromatic N) is 2. The molecule has 0 amide bonds. The molecule has 0 bridgehead atoms. The molecule has 0 aliphatic rings. The van der Waals surface area contributed by atoms with E-state index in [2.05, 4.69) is 10.2 Å². The van der Waals surface area contributed by atoms with E-state index in [-0.39, 0.29) is 0 Å². The zero-order valence-corrected chi connectivity index (χ0v) is 9.26. The lowest BCUT2D eigenvalue weighted by atomic mass is 10.3. The van der Waals surface area contributed by atoms with Gasteiger partial charge in [0.25, 0.3) is 0 Å². The first-order valence-corrected chi connectivity index (χ1v) is 5.40. The van der Waals surface area contributed by atoms with Crippen molar-refractivity contribution in [3.63, 3.8) is 0 Å². The van der Waals surface area contributed by atoms with Gasteiger partial charge in [-0.3, -0.25) is 0 Å². The molecule has 2 N–H and O–H groups in total. The molecule has 1 heterocycles. The Balaban J connectivity index is 1.96. The SMILES string of the molecule is Nc1ccc(OCc2nnc(Cl)s2)cc1. The molecule has 6 heteroatoms. The van der Waals surface area contributed by atoms with Gasteiger partial charge in [0.05, 0.1) is 0 Å². The van der Waals surface area contributed by atoms with E-state index >= 15 is 0 Å². The third-order valence-electron chi connectivity index (χ3n) is 1.68. The van der Waals surface area contributed by atoms with E-state index in [9.17, 15) is 0 Å². The number of hydrogen-bond donors (Lipinski definition) is 1. The van der Waals surface area contributed by atoms with Crippen LogP contribution in [0.2, 0.25) is 4.47 Å². The van der Waals surface area contributed by atoms with Crippen LogP contribution in [0.1, 0.15) is 5.01 Å². The van der Waals surface area contributed by atoms with Gasteiger partial charge in [-0.15, -0.1) is 10.2 Å². The van der Waals surface area contributed by atoms with Crippen molar-refractivity contribution >= 4 is 28.6 Å². The van der Waals surface area contributed by atoms with E-state index in [1.807, 2.05) is 0 Å². The van der Waals surface area contributed by atoms with E-state index in [0.29, 0.717) is 16.8 Å². The number of hydrogen-bond acceptors (Lipinski definition) is 5. The lowest BCUT2D eigenvalue weighted by Crippen LogP contribution is -1.95. The summed E-state index contributed by atoms with van der Waals surface area (Å²) >= 11 is 6.94. The number of rotatable bonds is 3. The second kappa shape index (κ2) is 4.46. The second-order valence-electron chi connectivity index (χ2n) is 2.81. The van der Waals surface area contributed by atoms with E-state index in [1.165, 1.54) is 11.3 Å². The number of nitrogens with two attached hydrogens (primary N) is 1. The van der Waals surface area contributed by atoms with Crippen molar-refractivity contribution in [1.82, 2.24) is 10.2 Å². The Kier molecular flexibility index (Phi) is 3.03. The first-order valence-electron chi connectivity index (χ1n) is 4.20. The summed E-state index contributed by atoms with van der Waals surface area (Å²) in [7, 11) is 0. The summed E-state index contributed by atoms with van der Waals surface area (Å²) in [5, 5.41) is 8.26. The Hall–Kier alpha value is -1.33. The molecule has 0 fully saturated rings. The van der Waals surface area contributed by atoms with Crippen molar-refractivity contribution in [2.24, 2.45) is 0 Å². The molecule has 0 atom stereocenters. The molecule has 0 unspecified atom stereocenters. The van der Waals surface area contributed by atoms with E-state index < -0.39 is 0 Å². The lowest BCUT2D eigenvalue weighted by molar-refractivity contribution is 0.304. The van der Waals surface area contributed by atoms with Crippen LogP contribution in [0.25, 0.3) is 0 Å². The molecule has 78 valence electrons. The topological polar surface area (TPSA) is 61.0 Å². The quantitative estimate of drug-likeness (QED) is 0.838. The molecule has 0 saturated carbocycles. The van der Waals surface area contributed by atoms with Gasteiger partial charge in [0, 0.05) is 5.69 Å². The maximum atomic E-state index is 5.64. The van der Waals surface area contributed by atoms with Gasteiger partial charge in [0.1, 0.15) is 12.4 Å². The minimum Gasteiger partial charge on any atom is -0.486 e. The first-order chi connectivity index (χ1) is 7.24. The maximum Gasteiger partial charge on any atom is 0.207 e. The number of benzene rings is 1. The monoisotopic (exact) mass is 241 g/mol. The second-order valence-corrected chi connectivity index (χ2v) is 4.45. The fourth-order valence-corrected chi connectivity index (χ4v) is 1.78. The molecule has 1 aromatic carbocycles. The molecule has 0 saturated heterocycles. The number of nitrogen functional groups attached to an aromatic ring is 1. The number of aromatic nitrogens is 2. The fourth-order valence-electron chi connectivity index (χ4n) is 1.00. The van der Waals surface area contributed by atoms with Gasteiger partial charge < -0.3 is 10.5 Å². The largest absolute Gasteiger partial charge is 0.486 e. The normalized spacial score (nSPS) is 10.2. The van der Waals surface area contributed by atoms with Crippen LogP contribution >= 0.6 is 22.9 Å². The predicted molar refractivity (Wildman–Crippen MR) is 60.1 cm³/mol. The highest BCUT2D eigenvalue weighted by Crippen LogP contribution is 2.18. The van der Waals surface area contributed by atoms with Crippen LogP contribution in [0.15, 0.2) is 24.3 Å². The van der Waals surface area contributed by atoms with Crippen LogP contribution in [0.5, 0.6) is 5.75 Å². The zero-order chi connectivity index (χ0) is 10.7.